The van der Waals surface area contributed by atoms with Gasteiger partial charge in [-0.1, -0.05) is 0 Å². The molecule has 112 valence electrons. The van der Waals surface area contributed by atoms with Crippen LogP contribution in [-0.4, -0.2) is 37.3 Å². The van der Waals surface area contributed by atoms with E-state index in [1.165, 1.54) is 7.11 Å². The van der Waals surface area contributed by atoms with E-state index in [1.807, 2.05) is 0 Å². The predicted octanol–water partition coefficient (Wildman–Crippen LogP) is 0.903. The van der Waals surface area contributed by atoms with Gasteiger partial charge in [0.1, 0.15) is 0 Å². The zero-order valence-electron chi connectivity index (χ0n) is 10.8. The first-order valence-corrected chi connectivity index (χ1v) is 5.77. The van der Waals surface area contributed by atoms with Crippen LogP contribution in [0.15, 0.2) is 6.07 Å². The summed E-state index contributed by atoms with van der Waals surface area (Å²) < 4.78 is 44.1. The SMILES string of the molecule is COCC(N)CCNC(=O)c1cc(F)c(F)c(O)c1F. The Balaban J connectivity index is 2.69. The van der Waals surface area contributed by atoms with Crippen molar-refractivity contribution >= 4 is 5.91 Å². The fourth-order valence-electron chi connectivity index (χ4n) is 1.52. The number of phenolic OH excluding ortho intramolecular Hbond substituents is 1. The summed E-state index contributed by atoms with van der Waals surface area (Å²) in [7, 11) is 1.47. The molecule has 1 unspecified atom stereocenters. The third-order valence-corrected chi connectivity index (χ3v) is 2.56. The second-order valence-corrected chi connectivity index (χ2v) is 4.14. The number of hydrogen-bond donors (Lipinski definition) is 3. The molecule has 0 aliphatic carbocycles. The average molecular weight is 292 g/mol. The number of amides is 1. The van der Waals surface area contributed by atoms with Crippen molar-refractivity contribution in [2.75, 3.05) is 20.3 Å². The van der Waals surface area contributed by atoms with Crippen LogP contribution in [-0.2, 0) is 4.74 Å². The maximum Gasteiger partial charge on any atom is 0.254 e. The third kappa shape index (κ3) is 3.84. The highest BCUT2D eigenvalue weighted by molar-refractivity contribution is 5.94. The van der Waals surface area contributed by atoms with Crippen LogP contribution in [0.1, 0.15) is 16.8 Å². The average Bonchev–Trinajstić information content (AvgIpc) is 2.40. The van der Waals surface area contributed by atoms with Gasteiger partial charge in [-0.2, -0.15) is 4.39 Å². The molecule has 0 saturated heterocycles. The van der Waals surface area contributed by atoms with Gasteiger partial charge >= 0.3 is 0 Å². The molecule has 0 aromatic heterocycles. The van der Waals surface area contributed by atoms with E-state index in [0.29, 0.717) is 12.5 Å². The summed E-state index contributed by atoms with van der Waals surface area (Å²) in [4.78, 5) is 11.6. The van der Waals surface area contributed by atoms with Crippen LogP contribution in [0.3, 0.4) is 0 Å². The summed E-state index contributed by atoms with van der Waals surface area (Å²) >= 11 is 0. The minimum absolute atomic E-state index is 0.0998. The highest BCUT2D eigenvalue weighted by atomic mass is 19.2. The molecule has 0 bridgehead atoms. The van der Waals surface area contributed by atoms with Crippen molar-refractivity contribution in [3.63, 3.8) is 0 Å². The van der Waals surface area contributed by atoms with E-state index in [1.54, 1.807) is 0 Å². The highest BCUT2D eigenvalue weighted by Crippen LogP contribution is 2.25. The fraction of sp³-hybridized carbons (Fsp3) is 0.417. The Hall–Kier alpha value is -1.80. The number of rotatable bonds is 6. The molecular formula is C12H15F3N2O3. The largest absolute Gasteiger partial charge is 0.503 e. The van der Waals surface area contributed by atoms with Gasteiger partial charge in [0.05, 0.1) is 12.2 Å². The summed E-state index contributed by atoms with van der Waals surface area (Å²) in [6.45, 7) is 0.388. The van der Waals surface area contributed by atoms with E-state index in [2.05, 4.69) is 5.32 Å². The molecule has 0 fully saturated rings. The quantitative estimate of drug-likeness (QED) is 0.680. The number of phenols is 1. The maximum absolute atomic E-state index is 13.4. The van der Waals surface area contributed by atoms with Crippen molar-refractivity contribution in [1.29, 1.82) is 0 Å². The van der Waals surface area contributed by atoms with E-state index in [4.69, 9.17) is 15.6 Å². The fourth-order valence-corrected chi connectivity index (χ4v) is 1.52. The molecule has 4 N–H and O–H groups in total. The van der Waals surface area contributed by atoms with Gasteiger partial charge < -0.3 is 20.9 Å². The summed E-state index contributed by atoms with van der Waals surface area (Å²) in [6, 6.07) is 0.0675. The molecular weight excluding hydrogens is 277 g/mol. The lowest BCUT2D eigenvalue weighted by atomic mass is 10.1. The van der Waals surface area contributed by atoms with Gasteiger partial charge in [-0.3, -0.25) is 4.79 Å². The van der Waals surface area contributed by atoms with Gasteiger partial charge in [0.15, 0.2) is 17.4 Å². The Kier molecular flexibility index (Phi) is 5.78. The molecule has 0 aliphatic heterocycles. The van der Waals surface area contributed by atoms with Gasteiger partial charge in [0, 0.05) is 19.7 Å². The second-order valence-electron chi connectivity index (χ2n) is 4.14. The van der Waals surface area contributed by atoms with Gasteiger partial charge in [-0.05, 0) is 12.5 Å². The van der Waals surface area contributed by atoms with E-state index < -0.39 is 34.7 Å². The van der Waals surface area contributed by atoms with Crippen molar-refractivity contribution in [2.24, 2.45) is 5.73 Å². The van der Waals surface area contributed by atoms with Gasteiger partial charge in [-0.15, -0.1) is 0 Å². The number of benzene rings is 1. The molecule has 0 saturated carbocycles. The molecule has 1 atom stereocenters. The first-order valence-electron chi connectivity index (χ1n) is 5.77. The number of halogens is 3. The van der Waals surface area contributed by atoms with Crippen LogP contribution in [0.5, 0.6) is 5.75 Å². The number of carbonyl (C=O) groups excluding carboxylic acids is 1. The molecule has 1 aromatic rings. The molecule has 0 spiro atoms. The molecule has 0 radical (unpaired) electrons. The van der Waals surface area contributed by atoms with Crippen molar-refractivity contribution in [3.05, 3.63) is 29.1 Å². The predicted molar refractivity (Wildman–Crippen MR) is 64.8 cm³/mol. The number of aromatic hydroxyl groups is 1. The van der Waals surface area contributed by atoms with Crippen LogP contribution in [0.4, 0.5) is 13.2 Å². The van der Waals surface area contributed by atoms with Crippen molar-refractivity contribution in [3.8, 4) is 5.75 Å². The Bertz CT molecular complexity index is 497. The molecule has 20 heavy (non-hydrogen) atoms. The topological polar surface area (TPSA) is 84.6 Å². The monoisotopic (exact) mass is 292 g/mol. The lowest BCUT2D eigenvalue weighted by molar-refractivity contribution is 0.0944. The maximum atomic E-state index is 13.4. The first kappa shape index (κ1) is 16.3. The summed E-state index contributed by atoms with van der Waals surface area (Å²) in [5, 5.41) is 11.3. The minimum atomic E-state index is -1.74. The van der Waals surface area contributed by atoms with E-state index in [0.717, 1.165) is 0 Å². The Morgan fingerprint density at radius 2 is 2.10 bits per heavy atom. The minimum Gasteiger partial charge on any atom is -0.503 e. The molecule has 1 aromatic carbocycles. The zero-order valence-corrected chi connectivity index (χ0v) is 10.8. The zero-order chi connectivity index (χ0) is 15.3. The van der Waals surface area contributed by atoms with Crippen LogP contribution in [0, 0.1) is 17.5 Å². The molecule has 0 aliphatic rings. The van der Waals surface area contributed by atoms with E-state index in [-0.39, 0.29) is 19.2 Å². The van der Waals surface area contributed by atoms with Crippen LogP contribution in [0.25, 0.3) is 0 Å². The Morgan fingerprint density at radius 1 is 1.45 bits per heavy atom. The Morgan fingerprint density at radius 3 is 2.70 bits per heavy atom. The molecule has 1 rings (SSSR count). The van der Waals surface area contributed by atoms with E-state index in [9.17, 15) is 18.0 Å². The first-order chi connectivity index (χ1) is 9.38. The highest BCUT2D eigenvalue weighted by Gasteiger charge is 2.22. The number of carbonyl (C=O) groups is 1. The number of ether oxygens (including phenoxy) is 1. The van der Waals surface area contributed by atoms with Crippen LogP contribution >= 0.6 is 0 Å². The lowest BCUT2D eigenvalue weighted by Gasteiger charge is -2.11. The van der Waals surface area contributed by atoms with E-state index >= 15 is 0 Å². The van der Waals surface area contributed by atoms with Crippen molar-refractivity contribution in [1.82, 2.24) is 5.32 Å². The standard InChI is InChI=1S/C12H15F3N2O3/c1-20-5-6(16)2-3-17-12(19)7-4-8(13)10(15)11(18)9(7)14/h4,6,18H,2-3,5,16H2,1H3,(H,17,19). The third-order valence-electron chi connectivity index (χ3n) is 2.56. The molecule has 1 amide bonds. The number of methoxy groups -OCH3 is 1. The summed E-state index contributed by atoms with van der Waals surface area (Å²) in [5.41, 5.74) is 4.83. The number of nitrogens with one attached hydrogen (secondary N) is 1. The van der Waals surface area contributed by atoms with Crippen molar-refractivity contribution < 1.29 is 27.8 Å². The molecule has 8 heteroatoms. The van der Waals surface area contributed by atoms with Gasteiger partial charge in [-0.25, -0.2) is 8.78 Å². The van der Waals surface area contributed by atoms with Crippen molar-refractivity contribution in [2.45, 2.75) is 12.5 Å². The number of nitrogens with two attached hydrogens (primary N) is 1. The molecule has 0 heterocycles. The van der Waals surface area contributed by atoms with Gasteiger partial charge in [0.2, 0.25) is 5.82 Å². The Labute approximate surface area is 113 Å². The normalized spacial score (nSPS) is 12.2. The smallest absolute Gasteiger partial charge is 0.254 e. The van der Waals surface area contributed by atoms with Crippen LogP contribution in [0.2, 0.25) is 0 Å². The van der Waals surface area contributed by atoms with Crippen LogP contribution < -0.4 is 11.1 Å². The summed E-state index contributed by atoms with van der Waals surface area (Å²) in [6.07, 6.45) is 0.358. The second kappa shape index (κ2) is 7.11. The summed E-state index contributed by atoms with van der Waals surface area (Å²) in [5.74, 6) is -7.25. The number of hydrogen-bond acceptors (Lipinski definition) is 4. The van der Waals surface area contributed by atoms with Gasteiger partial charge in [0.25, 0.3) is 5.91 Å². The molecule has 5 nitrogen and oxygen atoms in total. The lowest BCUT2D eigenvalue weighted by Crippen LogP contribution is -2.33.